The number of carbonyl (C=O) groups is 2. The summed E-state index contributed by atoms with van der Waals surface area (Å²) in [4.78, 5) is 25.1. The molecule has 4 nitrogen and oxygen atoms in total. The van der Waals surface area contributed by atoms with Crippen molar-refractivity contribution in [2.75, 3.05) is 17.3 Å². The SMILES string of the molecule is CC(=O)Nc1ccc(N(C)C(=O)c2ccc(C)c(C)c2)cc1. The summed E-state index contributed by atoms with van der Waals surface area (Å²) >= 11 is 0. The van der Waals surface area contributed by atoms with Crippen LogP contribution >= 0.6 is 0 Å². The van der Waals surface area contributed by atoms with Crippen LogP contribution in [0.15, 0.2) is 42.5 Å². The lowest BCUT2D eigenvalue weighted by molar-refractivity contribution is -0.114. The van der Waals surface area contributed by atoms with E-state index < -0.39 is 0 Å². The summed E-state index contributed by atoms with van der Waals surface area (Å²) in [5.74, 6) is -0.178. The molecule has 0 spiro atoms. The zero-order valence-electron chi connectivity index (χ0n) is 13.3. The number of nitrogens with zero attached hydrogens (tertiary/aromatic N) is 1. The van der Waals surface area contributed by atoms with Crippen molar-refractivity contribution in [3.63, 3.8) is 0 Å². The zero-order chi connectivity index (χ0) is 16.3. The molecule has 0 radical (unpaired) electrons. The van der Waals surface area contributed by atoms with Crippen LogP contribution in [0.5, 0.6) is 0 Å². The van der Waals surface area contributed by atoms with Crippen LogP contribution in [0.25, 0.3) is 0 Å². The van der Waals surface area contributed by atoms with Gasteiger partial charge in [0, 0.05) is 30.9 Å². The van der Waals surface area contributed by atoms with Crippen molar-refractivity contribution in [3.8, 4) is 0 Å². The average molecular weight is 296 g/mol. The second kappa shape index (κ2) is 6.43. The van der Waals surface area contributed by atoms with Gasteiger partial charge < -0.3 is 10.2 Å². The van der Waals surface area contributed by atoms with Gasteiger partial charge in [0.15, 0.2) is 0 Å². The maximum atomic E-state index is 12.5. The first-order valence-corrected chi connectivity index (χ1v) is 7.11. The van der Waals surface area contributed by atoms with Gasteiger partial charge in [-0.1, -0.05) is 6.07 Å². The van der Waals surface area contributed by atoms with Crippen LogP contribution in [0.3, 0.4) is 0 Å². The second-order valence-electron chi connectivity index (χ2n) is 5.39. The van der Waals surface area contributed by atoms with E-state index in [1.807, 2.05) is 44.2 Å². The Labute approximate surface area is 130 Å². The minimum atomic E-state index is -0.118. The Bertz CT molecular complexity index is 706. The predicted octanol–water partition coefficient (Wildman–Crippen LogP) is 3.54. The summed E-state index contributed by atoms with van der Waals surface area (Å²) in [6.45, 7) is 5.48. The molecule has 0 fully saturated rings. The highest BCUT2D eigenvalue weighted by atomic mass is 16.2. The van der Waals surface area contributed by atoms with Crippen molar-refractivity contribution in [2.45, 2.75) is 20.8 Å². The third-order valence-electron chi connectivity index (χ3n) is 3.63. The number of aryl methyl sites for hydroxylation is 2. The maximum Gasteiger partial charge on any atom is 0.258 e. The molecule has 114 valence electrons. The fourth-order valence-electron chi connectivity index (χ4n) is 2.16. The molecule has 0 aliphatic heterocycles. The van der Waals surface area contributed by atoms with E-state index in [0.717, 1.165) is 11.3 Å². The van der Waals surface area contributed by atoms with Crippen LogP contribution in [0, 0.1) is 13.8 Å². The summed E-state index contributed by atoms with van der Waals surface area (Å²) in [5, 5.41) is 2.70. The van der Waals surface area contributed by atoms with Crippen LogP contribution < -0.4 is 10.2 Å². The molecule has 22 heavy (non-hydrogen) atoms. The lowest BCUT2D eigenvalue weighted by Crippen LogP contribution is -2.26. The number of amides is 2. The molecule has 2 rings (SSSR count). The van der Waals surface area contributed by atoms with Crippen molar-refractivity contribution in [2.24, 2.45) is 0 Å². The van der Waals surface area contributed by atoms with E-state index in [1.54, 1.807) is 24.1 Å². The number of benzene rings is 2. The summed E-state index contributed by atoms with van der Waals surface area (Å²) in [7, 11) is 1.74. The van der Waals surface area contributed by atoms with E-state index in [0.29, 0.717) is 11.3 Å². The number of hydrogen-bond acceptors (Lipinski definition) is 2. The van der Waals surface area contributed by atoms with Gasteiger partial charge in [-0.3, -0.25) is 9.59 Å². The standard InChI is InChI=1S/C18H20N2O2/c1-12-5-6-15(11-13(12)2)18(22)20(4)17-9-7-16(8-10-17)19-14(3)21/h5-11H,1-4H3,(H,19,21). The third-order valence-corrected chi connectivity index (χ3v) is 3.63. The molecule has 0 aliphatic carbocycles. The van der Waals surface area contributed by atoms with Gasteiger partial charge in [-0.15, -0.1) is 0 Å². The van der Waals surface area contributed by atoms with Crippen molar-refractivity contribution in [1.82, 2.24) is 0 Å². The number of rotatable bonds is 3. The molecule has 0 atom stereocenters. The Morgan fingerprint density at radius 1 is 0.955 bits per heavy atom. The van der Waals surface area contributed by atoms with Gasteiger partial charge in [0.2, 0.25) is 5.91 Å². The monoisotopic (exact) mass is 296 g/mol. The molecule has 0 bridgehead atoms. The van der Waals surface area contributed by atoms with E-state index in [1.165, 1.54) is 12.5 Å². The fraction of sp³-hybridized carbons (Fsp3) is 0.222. The summed E-state index contributed by atoms with van der Waals surface area (Å²) in [6, 6.07) is 12.9. The summed E-state index contributed by atoms with van der Waals surface area (Å²) < 4.78 is 0. The highest BCUT2D eigenvalue weighted by Gasteiger charge is 2.14. The predicted molar refractivity (Wildman–Crippen MR) is 89.4 cm³/mol. The van der Waals surface area contributed by atoms with E-state index >= 15 is 0 Å². The Balaban J connectivity index is 2.19. The Hall–Kier alpha value is -2.62. The fourth-order valence-corrected chi connectivity index (χ4v) is 2.16. The number of carbonyl (C=O) groups excluding carboxylic acids is 2. The van der Waals surface area contributed by atoms with Gasteiger partial charge in [0.1, 0.15) is 0 Å². The van der Waals surface area contributed by atoms with E-state index in [9.17, 15) is 9.59 Å². The van der Waals surface area contributed by atoms with E-state index in [-0.39, 0.29) is 11.8 Å². The number of anilines is 2. The lowest BCUT2D eigenvalue weighted by atomic mass is 10.1. The van der Waals surface area contributed by atoms with Crippen LogP contribution in [-0.4, -0.2) is 18.9 Å². The molecule has 0 aromatic heterocycles. The van der Waals surface area contributed by atoms with Gasteiger partial charge >= 0.3 is 0 Å². The van der Waals surface area contributed by atoms with Crippen LogP contribution in [0.2, 0.25) is 0 Å². The van der Waals surface area contributed by atoms with E-state index in [2.05, 4.69) is 5.32 Å². The van der Waals surface area contributed by atoms with Gasteiger partial charge in [-0.05, 0) is 61.4 Å². The molecule has 0 saturated carbocycles. The smallest absolute Gasteiger partial charge is 0.258 e. The molecule has 0 aliphatic rings. The van der Waals surface area contributed by atoms with Crippen LogP contribution in [0.1, 0.15) is 28.4 Å². The molecule has 2 aromatic rings. The molecule has 1 N–H and O–H groups in total. The first kappa shape index (κ1) is 15.8. The largest absolute Gasteiger partial charge is 0.326 e. The van der Waals surface area contributed by atoms with Crippen molar-refractivity contribution in [1.29, 1.82) is 0 Å². The van der Waals surface area contributed by atoms with Gasteiger partial charge in [-0.25, -0.2) is 0 Å². The molecular formula is C18H20N2O2. The lowest BCUT2D eigenvalue weighted by Gasteiger charge is -2.18. The quantitative estimate of drug-likeness (QED) is 0.942. The third kappa shape index (κ3) is 3.52. The number of hydrogen-bond donors (Lipinski definition) is 1. The van der Waals surface area contributed by atoms with Crippen molar-refractivity contribution in [3.05, 3.63) is 59.2 Å². The normalized spacial score (nSPS) is 10.2. The molecule has 0 saturated heterocycles. The van der Waals surface area contributed by atoms with Crippen molar-refractivity contribution >= 4 is 23.2 Å². The molecule has 0 heterocycles. The second-order valence-corrected chi connectivity index (χ2v) is 5.39. The molecular weight excluding hydrogens is 276 g/mol. The molecule has 0 unspecified atom stereocenters. The minimum Gasteiger partial charge on any atom is -0.326 e. The summed E-state index contributed by atoms with van der Waals surface area (Å²) in [5.41, 5.74) is 4.41. The first-order chi connectivity index (χ1) is 10.4. The minimum absolute atomic E-state index is 0.0598. The Kier molecular flexibility index (Phi) is 4.61. The molecule has 2 aromatic carbocycles. The Morgan fingerprint density at radius 2 is 1.59 bits per heavy atom. The summed E-state index contributed by atoms with van der Waals surface area (Å²) in [6.07, 6.45) is 0. The van der Waals surface area contributed by atoms with Crippen molar-refractivity contribution < 1.29 is 9.59 Å². The maximum absolute atomic E-state index is 12.5. The zero-order valence-corrected chi connectivity index (χ0v) is 13.3. The highest BCUT2D eigenvalue weighted by molar-refractivity contribution is 6.06. The molecule has 2 amide bonds. The average Bonchev–Trinajstić information content (AvgIpc) is 2.49. The van der Waals surface area contributed by atoms with Crippen LogP contribution in [-0.2, 0) is 4.79 Å². The van der Waals surface area contributed by atoms with Gasteiger partial charge in [-0.2, -0.15) is 0 Å². The molecule has 4 heteroatoms. The topological polar surface area (TPSA) is 49.4 Å². The van der Waals surface area contributed by atoms with Crippen LogP contribution in [0.4, 0.5) is 11.4 Å². The van der Waals surface area contributed by atoms with E-state index in [4.69, 9.17) is 0 Å². The van der Waals surface area contributed by atoms with Gasteiger partial charge in [0.25, 0.3) is 5.91 Å². The first-order valence-electron chi connectivity index (χ1n) is 7.11. The number of nitrogens with one attached hydrogen (secondary N) is 1. The van der Waals surface area contributed by atoms with Gasteiger partial charge in [0.05, 0.1) is 0 Å². The Morgan fingerprint density at radius 3 is 2.14 bits per heavy atom. The highest BCUT2D eigenvalue weighted by Crippen LogP contribution is 2.20.